The predicted molar refractivity (Wildman–Crippen MR) is 63.9 cm³/mol. The van der Waals surface area contributed by atoms with E-state index in [0.717, 1.165) is 17.7 Å². The van der Waals surface area contributed by atoms with E-state index in [-0.39, 0.29) is 6.61 Å². The Bertz CT molecular complexity index is 347. The minimum absolute atomic E-state index is 0.172. The largest absolute Gasteiger partial charge is 0.496 e. The van der Waals surface area contributed by atoms with Gasteiger partial charge in [0.15, 0.2) is 0 Å². The lowest BCUT2D eigenvalue weighted by atomic mass is 9.98. The topological polar surface area (TPSA) is 49.7 Å². The second-order valence-corrected chi connectivity index (χ2v) is 4.05. The Kier molecular flexibility index (Phi) is 4.77. The summed E-state index contributed by atoms with van der Waals surface area (Å²) in [6.45, 7) is 3.91. The number of hydrogen-bond donors (Lipinski definition) is 2. The molecule has 1 aromatic rings. The maximum atomic E-state index is 9.31. The molecule has 1 rings (SSSR count). The van der Waals surface area contributed by atoms with Crippen molar-refractivity contribution in [3.05, 3.63) is 28.8 Å². The van der Waals surface area contributed by atoms with Gasteiger partial charge >= 0.3 is 0 Å². The van der Waals surface area contributed by atoms with E-state index in [1.54, 1.807) is 7.11 Å². The van der Waals surface area contributed by atoms with Crippen molar-refractivity contribution < 1.29 is 14.9 Å². The van der Waals surface area contributed by atoms with Gasteiger partial charge in [0.1, 0.15) is 5.75 Å². The molecule has 0 aliphatic carbocycles. The number of benzene rings is 1. The summed E-state index contributed by atoms with van der Waals surface area (Å²) in [6, 6.07) is 3.97. The minimum atomic E-state index is -0.623. The van der Waals surface area contributed by atoms with E-state index in [9.17, 15) is 5.11 Å². The number of aliphatic hydroxyl groups is 2. The van der Waals surface area contributed by atoms with Crippen molar-refractivity contribution in [2.75, 3.05) is 13.7 Å². The van der Waals surface area contributed by atoms with E-state index in [1.807, 2.05) is 19.1 Å². The zero-order chi connectivity index (χ0) is 12.1. The summed E-state index contributed by atoms with van der Waals surface area (Å²) in [6.07, 6.45) is 0.739. The molecule has 0 heterocycles. The Morgan fingerprint density at radius 1 is 1.25 bits per heavy atom. The molecule has 0 bridgehead atoms. The van der Waals surface area contributed by atoms with Gasteiger partial charge in [-0.05, 0) is 49.4 Å². The number of methoxy groups -OCH3 is 1. The molecule has 1 aromatic carbocycles. The first-order valence-corrected chi connectivity index (χ1v) is 5.52. The van der Waals surface area contributed by atoms with Crippen LogP contribution in [0.3, 0.4) is 0 Å². The van der Waals surface area contributed by atoms with Crippen molar-refractivity contribution in [2.45, 2.75) is 32.8 Å². The van der Waals surface area contributed by atoms with Gasteiger partial charge in [-0.2, -0.15) is 0 Å². The number of aryl methyl sites for hydroxylation is 1. The first-order valence-electron chi connectivity index (χ1n) is 5.52. The van der Waals surface area contributed by atoms with Crippen LogP contribution >= 0.6 is 0 Å². The summed E-state index contributed by atoms with van der Waals surface area (Å²) in [5.74, 6) is 0.893. The van der Waals surface area contributed by atoms with Crippen LogP contribution in [0.4, 0.5) is 0 Å². The summed E-state index contributed by atoms with van der Waals surface area (Å²) in [7, 11) is 1.66. The normalized spacial score (nSPS) is 12.6. The highest BCUT2D eigenvalue weighted by atomic mass is 16.5. The van der Waals surface area contributed by atoms with Gasteiger partial charge in [0.25, 0.3) is 0 Å². The molecule has 90 valence electrons. The van der Waals surface area contributed by atoms with Crippen LogP contribution in [-0.4, -0.2) is 30.0 Å². The van der Waals surface area contributed by atoms with Crippen LogP contribution in [0.15, 0.2) is 12.1 Å². The molecule has 0 spiro atoms. The summed E-state index contributed by atoms with van der Waals surface area (Å²) in [4.78, 5) is 0. The number of rotatable bonds is 5. The van der Waals surface area contributed by atoms with Crippen molar-refractivity contribution in [3.8, 4) is 5.75 Å². The molecule has 1 atom stereocenters. The quantitative estimate of drug-likeness (QED) is 0.798. The average molecular weight is 224 g/mol. The molecule has 3 nitrogen and oxygen atoms in total. The number of aliphatic hydroxyl groups excluding tert-OH is 2. The minimum Gasteiger partial charge on any atom is -0.496 e. The fourth-order valence-electron chi connectivity index (χ4n) is 1.76. The lowest BCUT2D eigenvalue weighted by Gasteiger charge is -2.13. The van der Waals surface area contributed by atoms with E-state index in [4.69, 9.17) is 9.84 Å². The molecule has 0 aliphatic heterocycles. The fourth-order valence-corrected chi connectivity index (χ4v) is 1.76. The first kappa shape index (κ1) is 13.0. The molecule has 0 aromatic heterocycles. The fraction of sp³-hybridized carbons (Fsp3) is 0.538. The Morgan fingerprint density at radius 3 is 2.50 bits per heavy atom. The van der Waals surface area contributed by atoms with Crippen LogP contribution in [0.1, 0.15) is 23.1 Å². The molecular formula is C13H20O3. The van der Waals surface area contributed by atoms with E-state index in [2.05, 4.69) is 6.92 Å². The van der Waals surface area contributed by atoms with E-state index in [1.165, 1.54) is 11.1 Å². The van der Waals surface area contributed by atoms with E-state index >= 15 is 0 Å². The molecule has 0 saturated heterocycles. The highest BCUT2D eigenvalue weighted by molar-refractivity contribution is 5.43. The van der Waals surface area contributed by atoms with Gasteiger partial charge in [0.2, 0.25) is 0 Å². The lowest BCUT2D eigenvalue weighted by Crippen LogP contribution is -2.13. The molecule has 2 N–H and O–H groups in total. The van der Waals surface area contributed by atoms with Gasteiger partial charge in [0, 0.05) is 0 Å². The summed E-state index contributed by atoms with van der Waals surface area (Å²) >= 11 is 0. The number of hydrogen-bond acceptors (Lipinski definition) is 3. The number of ether oxygens (including phenoxy) is 1. The monoisotopic (exact) mass is 224 g/mol. The molecular weight excluding hydrogens is 204 g/mol. The highest BCUT2D eigenvalue weighted by Gasteiger charge is 2.08. The van der Waals surface area contributed by atoms with Crippen LogP contribution in [0, 0.1) is 13.8 Å². The van der Waals surface area contributed by atoms with Gasteiger partial charge in [-0.15, -0.1) is 0 Å². The SMILES string of the molecule is COc1ccc(CCC(O)CO)c(C)c1C. The lowest BCUT2D eigenvalue weighted by molar-refractivity contribution is 0.0885. The van der Waals surface area contributed by atoms with Crippen LogP contribution in [0.2, 0.25) is 0 Å². The van der Waals surface area contributed by atoms with Gasteiger partial charge in [-0.1, -0.05) is 6.07 Å². The van der Waals surface area contributed by atoms with Crippen LogP contribution in [0.25, 0.3) is 0 Å². The molecule has 0 fully saturated rings. The Morgan fingerprint density at radius 2 is 1.94 bits per heavy atom. The maximum Gasteiger partial charge on any atom is 0.122 e. The average Bonchev–Trinajstić information content (AvgIpc) is 2.30. The zero-order valence-corrected chi connectivity index (χ0v) is 10.2. The highest BCUT2D eigenvalue weighted by Crippen LogP contribution is 2.24. The standard InChI is InChI=1S/C13H20O3/c1-9-10(2)13(16-3)7-5-11(9)4-6-12(15)8-14/h5,7,12,14-15H,4,6,8H2,1-3H3. The Balaban J connectivity index is 2.78. The molecule has 0 saturated carbocycles. The van der Waals surface area contributed by atoms with Crippen molar-refractivity contribution in [2.24, 2.45) is 0 Å². The molecule has 0 radical (unpaired) electrons. The summed E-state index contributed by atoms with van der Waals surface area (Å²) in [5.41, 5.74) is 3.54. The molecule has 16 heavy (non-hydrogen) atoms. The summed E-state index contributed by atoms with van der Waals surface area (Å²) < 4.78 is 5.24. The van der Waals surface area contributed by atoms with Crippen LogP contribution in [0.5, 0.6) is 5.75 Å². The van der Waals surface area contributed by atoms with Gasteiger partial charge in [-0.25, -0.2) is 0 Å². The third kappa shape index (κ3) is 2.97. The first-order chi connectivity index (χ1) is 7.60. The van der Waals surface area contributed by atoms with E-state index in [0.29, 0.717) is 6.42 Å². The van der Waals surface area contributed by atoms with Gasteiger partial charge in [0.05, 0.1) is 19.8 Å². The van der Waals surface area contributed by atoms with Crippen molar-refractivity contribution in [1.29, 1.82) is 0 Å². The van der Waals surface area contributed by atoms with Gasteiger partial charge < -0.3 is 14.9 Å². The second kappa shape index (κ2) is 5.87. The van der Waals surface area contributed by atoms with Crippen LogP contribution in [-0.2, 0) is 6.42 Å². The van der Waals surface area contributed by atoms with Crippen molar-refractivity contribution in [3.63, 3.8) is 0 Å². The third-order valence-corrected chi connectivity index (χ3v) is 3.03. The Hall–Kier alpha value is -1.06. The Labute approximate surface area is 96.7 Å². The smallest absolute Gasteiger partial charge is 0.122 e. The zero-order valence-electron chi connectivity index (χ0n) is 10.2. The summed E-state index contributed by atoms with van der Waals surface area (Å²) in [5, 5.41) is 18.1. The van der Waals surface area contributed by atoms with Gasteiger partial charge in [-0.3, -0.25) is 0 Å². The molecule has 0 aliphatic rings. The predicted octanol–water partition coefficient (Wildman–Crippen LogP) is 1.60. The van der Waals surface area contributed by atoms with E-state index < -0.39 is 6.10 Å². The van der Waals surface area contributed by atoms with Crippen molar-refractivity contribution in [1.82, 2.24) is 0 Å². The maximum absolute atomic E-state index is 9.31. The third-order valence-electron chi connectivity index (χ3n) is 3.03. The van der Waals surface area contributed by atoms with Crippen molar-refractivity contribution >= 4 is 0 Å². The molecule has 0 amide bonds. The second-order valence-electron chi connectivity index (χ2n) is 4.05. The van der Waals surface area contributed by atoms with Crippen LogP contribution < -0.4 is 4.74 Å². The molecule has 1 unspecified atom stereocenters. The molecule has 3 heteroatoms.